The number of anilines is 2. The molecule has 2 amide bonds. The molecule has 1 atom stereocenters. The van der Waals surface area contributed by atoms with Gasteiger partial charge in [-0.3, -0.25) is 14.5 Å². The summed E-state index contributed by atoms with van der Waals surface area (Å²) in [5.41, 5.74) is 4.74. The lowest BCUT2D eigenvalue weighted by atomic mass is 10.1. The first-order valence-corrected chi connectivity index (χ1v) is 12.0. The molecule has 2 aliphatic heterocycles. The molecule has 1 fully saturated rings. The molecule has 0 aliphatic carbocycles. The van der Waals surface area contributed by atoms with Gasteiger partial charge in [0.05, 0.1) is 12.3 Å². The second kappa shape index (κ2) is 10.3. The molecule has 0 bridgehead atoms. The molecule has 0 saturated carbocycles. The van der Waals surface area contributed by atoms with Crippen molar-refractivity contribution in [3.63, 3.8) is 0 Å². The van der Waals surface area contributed by atoms with Gasteiger partial charge in [-0.1, -0.05) is 0 Å². The number of amides is 2. The zero-order chi connectivity index (χ0) is 24.2. The fourth-order valence-corrected chi connectivity index (χ4v) is 4.51. The largest absolute Gasteiger partial charge is 0.490 e. The topological polar surface area (TPSA) is 83.1 Å². The van der Waals surface area contributed by atoms with E-state index >= 15 is 0 Å². The van der Waals surface area contributed by atoms with Crippen molar-refractivity contribution in [2.24, 2.45) is 0 Å². The average molecular weight is 467 g/mol. The maximum atomic E-state index is 12.1. The number of hydrogen-bond donors (Lipinski definition) is 2. The fourth-order valence-electron chi connectivity index (χ4n) is 4.51. The third-order valence-corrected chi connectivity index (χ3v) is 6.25. The SMILES string of the molecule is CCNC(=O)c1ccc(N2CCN(Cc3cc4c(c(OCC)c3)OC(C)C(=O)N4)CC2)c(C)c1. The van der Waals surface area contributed by atoms with Crippen LogP contribution in [0.1, 0.15) is 42.3 Å². The number of aryl methyl sites for hydroxylation is 1. The van der Waals surface area contributed by atoms with Crippen molar-refractivity contribution in [3.8, 4) is 11.5 Å². The maximum Gasteiger partial charge on any atom is 0.265 e. The summed E-state index contributed by atoms with van der Waals surface area (Å²) in [5.74, 6) is 1.10. The second-order valence-electron chi connectivity index (χ2n) is 8.78. The van der Waals surface area contributed by atoms with E-state index in [-0.39, 0.29) is 11.8 Å². The Balaban J connectivity index is 1.42. The molecule has 8 heteroatoms. The van der Waals surface area contributed by atoms with E-state index in [0.29, 0.717) is 35.9 Å². The van der Waals surface area contributed by atoms with Crippen LogP contribution in [0, 0.1) is 6.92 Å². The van der Waals surface area contributed by atoms with Crippen LogP contribution in [0.25, 0.3) is 0 Å². The molecule has 2 aromatic rings. The first-order chi connectivity index (χ1) is 16.4. The summed E-state index contributed by atoms with van der Waals surface area (Å²) >= 11 is 0. The van der Waals surface area contributed by atoms with Gasteiger partial charge in [0.25, 0.3) is 11.8 Å². The van der Waals surface area contributed by atoms with Crippen molar-refractivity contribution >= 4 is 23.2 Å². The minimum Gasteiger partial charge on any atom is -0.490 e. The molecule has 8 nitrogen and oxygen atoms in total. The van der Waals surface area contributed by atoms with Crippen LogP contribution < -0.4 is 25.0 Å². The number of benzene rings is 2. The first kappa shape index (κ1) is 23.9. The van der Waals surface area contributed by atoms with Crippen LogP contribution in [0.4, 0.5) is 11.4 Å². The van der Waals surface area contributed by atoms with Gasteiger partial charge in [0.1, 0.15) is 0 Å². The number of carbonyl (C=O) groups excluding carboxylic acids is 2. The summed E-state index contributed by atoms with van der Waals surface area (Å²) in [6.07, 6.45) is -0.538. The molecular formula is C26H34N4O4. The van der Waals surface area contributed by atoms with Gasteiger partial charge in [-0.15, -0.1) is 0 Å². The van der Waals surface area contributed by atoms with Gasteiger partial charge in [-0.25, -0.2) is 0 Å². The van der Waals surface area contributed by atoms with Crippen LogP contribution in [0.2, 0.25) is 0 Å². The highest BCUT2D eigenvalue weighted by atomic mass is 16.5. The molecule has 34 heavy (non-hydrogen) atoms. The van der Waals surface area contributed by atoms with E-state index in [1.165, 1.54) is 5.69 Å². The zero-order valence-corrected chi connectivity index (χ0v) is 20.4. The molecule has 0 aromatic heterocycles. The van der Waals surface area contributed by atoms with Crippen molar-refractivity contribution in [1.29, 1.82) is 0 Å². The highest BCUT2D eigenvalue weighted by Gasteiger charge is 2.28. The average Bonchev–Trinajstić information content (AvgIpc) is 2.81. The summed E-state index contributed by atoms with van der Waals surface area (Å²) in [4.78, 5) is 29.0. The van der Waals surface area contributed by atoms with E-state index in [2.05, 4.69) is 33.4 Å². The Hall–Kier alpha value is -3.26. The quantitative estimate of drug-likeness (QED) is 0.652. The zero-order valence-electron chi connectivity index (χ0n) is 20.4. The van der Waals surface area contributed by atoms with E-state index in [4.69, 9.17) is 9.47 Å². The predicted molar refractivity (Wildman–Crippen MR) is 133 cm³/mol. The molecular weight excluding hydrogens is 432 g/mol. The number of ether oxygens (including phenoxy) is 2. The lowest BCUT2D eigenvalue weighted by molar-refractivity contribution is -0.122. The minimum absolute atomic E-state index is 0.0329. The Kier molecular flexibility index (Phi) is 7.26. The summed E-state index contributed by atoms with van der Waals surface area (Å²) in [6, 6.07) is 9.92. The number of fused-ring (bicyclic) bond motifs is 1. The first-order valence-electron chi connectivity index (χ1n) is 12.0. The van der Waals surface area contributed by atoms with E-state index in [1.54, 1.807) is 6.92 Å². The fraction of sp³-hybridized carbons (Fsp3) is 0.462. The Labute approximate surface area is 201 Å². The van der Waals surface area contributed by atoms with Crippen LogP contribution in [0.5, 0.6) is 11.5 Å². The molecule has 1 saturated heterocycles. The van der Waals surface area contributed by atoms with Gasteiger partial charge < -0.3 is 25.0 Å². The highest BCUT2D eigenvalue weighted by Crippen LogP contribution is 2.40. The molecule has 2 aliphatic rings. The molecule has 4 rings (SSSR count). The van der Waals surface area contributed by atoms with Crippen molar-refractivity contribution in [1.82, 2.24) is 10.2 Å². The van der Waals surface area contributed by atoms with Crippen molar-refractivity contribution in [2.75, 3.05) is 49.5 Å². The van der Waals surface area contributed by atoms with Crippen LogP contribution in [0.3, 0.4) is 0 Å². The monoisotopic (exact) mass is 466 g/mol. The number of nitrogens with one attached hydrogen (secondary N) is 2. The summed E-state index contributed by atoms with van der Waals surface area (Å²) in [7, 11) is 0. The normalized spacial score (nSPS) is 18.1. The van der Waals surface area contributed by atoms with Gasteiger partial charge in [-0.05, 0) is 69.2 Å². The third-order valence-electron chi connectivity index (χ3n) is 6.25. The molecule has 182 valence electrons. The summed E-state index contributed by atoms with van der Waals surface area (Å²) < 4.78 is 11.6. The smallest absolute Gasteiger partial charge is 0.265 e. The number of carbonyl (C=O) groups is 2. The van der Waals surface area contributed by atoms with E-state index in [1.807, 2.05) is 38.1 Å². The van der Waals surface area contributed by atoms with E-state index in [9.17, 15) is 9.59 Å². The Morgan fingerprint density at radius 3 is 2.62 bits per heavy atom. The van der Waals surface area contributed by atoms with Crippen LogP contribution in [-0.2, 0) is 11.3 Å². The molecule has 0 radical (unpaired) electrons. The Bertz CT molecular complexity index is 1060. The second-order valence-corrected chi connectivity index (χ2v) is 8.78. The van der Waals surface area contributed by atoms with Crippen molar-refractivity contribution < 1.29 is 19.1 Å². The molecule has 2 N–H and O–H groups in total. The van der Waals surface area contributed by atoms with Crippen LogP contribution >= 0.6 is 0 Å². The lowest BCUT2D eigenvalue weighted by Gasteiger charge is -2.37. The van der Waals surface area contributed by atoms with Crippen molar-refractivity contribution in [2.45, 2.75) is 40.3 Å². The highest BCUT2D eigenvalue weighted by molar-refractivity contribution is 5.98. The van der Waals surface area contributed by atoms with Crippen LogP contribution in [0.15, 0.2) is 30.3 Å². The third kappa shape index (κ3) is 5.12. The van der Waals surface area contributed by atoms with Crippen molar-refractivity contribution in [3.05, 3.63) is 47.0 Å². The predicted octanol–water partition coefficient (Wildman–Crippen LogP) is 3.19. The Morgan fingerprint density at radius 2 is 1.94 bits per heavy atom. The van der Waals surface area contributed by atoms with Crippen LogP contribution in [-0.4, -0.2) is 62.1 Å². The molecule has 2 aromatic carbocycles. The van der Waals surface area contributed by atoms with Gasteiger partial charge >= 0.3 is 0 Å². The number of rotatable bonds is 7. The number of piperazine rings is 1. The number of hydrogen-bond acceptors (Lipinski definition) is 6. The minimum atomic E-state index is -0.538. The summed E-state index contributed by atoms with van der Waals surface area (Å²) in [5, 5.41) is 5.80. The molecule has 1 unspecified atom stereocenters. The molecule has 0 spiro atoms. The lowest BCUT2D eigenvalue weighted by Crippen LogP contribution is -2.46. The maximum absolute atomic E-state index is 12.1. The summed E-state index contributed by atoms with van der Waals surface area (Å²) in [6.45, 7) is 13.2. The standard InChI is InChI=1S/C26H34N4O4/c1-5-27-26(32)20-7-8-22(17(3)13-20)30-11-9-29(10-12-30)16-19-14-21-24(23(15-19)33-6-2)34-18(4)25(31)28-21/h7-8,13-15,18H,5-6,9-12,16H2,1-4H3,(H,27,32)(H,28,31). The van der Waals surface area contributed by atoms with Gasteiger partial charge in [-0.2, -0.15) is 0 Å². The van der Waals surface area contributed by atoms with Gasteiger partial charge in [0.2, 0.25) is 0 Å². The van der Waals surface area contributed by atoms with E-state index < -0.39 is 6.10 Å². The molecule has 2 heterocycles. The van der Waals surface area contributed by atoms with E-state index in [0.717, 1.165) is 43.9 Å². The number of nitrogens with zero attached hydrogens (tertiary/aromatic N) is 2. The Morgan fingerprint density at radius 1 is 1.18 bits per heavy atom. The van der Waals surface area contributed by atoms with Gasteiger partial charge in [0.15, 0.2) is 17.6 Å². The van der Waals surface area contributed by atoms with Gasteiger partial charge in [0, 0.05) is 50.5 Å².